The summed E-state index contributed by atoms with van der Waals surface area (Å²) < 4.78 is 0. The van der Waals surface area contributed by atoms with E-state index in [9.17, 15) is 0 Å². The molecule has 0 N–H and O–H groups in total. The van der Waals surface area contributed by atoms with E-state index in [0.717, 1.165) is 16.6 Å². The normalized spacial score (nSPS) is 11.8. The van der Waals surface area contributed by atoms with Crippen LogP contribution >= 0.6 is 11.6 Å². The lowest BCUT2D eigenvalue weighted by Gasteiger charge is -2.19. The van der Waals surface area contributed by atoms with Crippen LogP contribution < -0.4 is 0 Å². The monoisotopic (exact) mass is 309 g/mol. The summed E-state index contributed by atoms with van der Waals surface area (Å²) in [5.41, 5.74) is 4.74. The fourth-order valence-electron chi connectivity index (χ4n) is 2.77. The predicted molar refractivity (Wildman–Crippen MR) is 95.4 cm³/mol. The van der Waals surface area contributed by atoms with Crippen LogP contribution in [0.25, 0.3) is 21.9 Å². The molecule has 0 radical (unpaired) electrons. The summed E-state index contributed by atoms with van der Waals surface area (Å²) in [7, 11) is 0. The predicted octanol–water partition coefficient (Wildman–Crippen LogP) is 5.94. The molecular formula is C20H20ClN. The molecule has 0 saturated carbocycles. The van der Waals surface area contributed by atoms with Crippen LogP contribution in [0.5, 0.6) is 0 Å². The van der Waals surface area contributed by atoms with Gasteiger partial charge in [0.1, 0.15) is 0 Å². The van der Waals surface area contributed by atoms with Gasteiger partial charge >= 0.3 is 0 Å². The van der Waals surface area contributed by atoms with Crippen molar-refractivity contribution in [3.63, 3.8) is 0 Å². The van der Waals surface area contributed by atoms with Crippen molar-refractivity contribution < 1.29 is 0 Å². The van der Waals surface area contributed by atoms with Crippen molar-refractivity contribution in [1.82, 2.24) is 4.98 Å². The number of aromatic nitrogens is 1. The molecule has 0 bridgehead atoms. The Morgan fingerprint density at radius 1 is 0.955 bits per heavy atom. The van der Waals surface area contributed by atoms with Gasteiger partial charge in [-0.3, -0.25) is 4.98 Å². The molecule has 22 heavy (non-hydrogen) atoms. The summed E-state index contributed by atoms with van der Waals surface area (Å²) in [6.07, 6.45) is 1.90. The zero-order valence-electron chi connectivity index (χ0n) is 13.2. The van der Waals surface area contributed by atoms with E-state index in [1.165, 1.54) is 16.5 Å². The lowest BCUT2D eigenvalue weighted by Crippen LogP contribution is -2.10. The van der Waals surface area contributed by atoms with Gasteiger partial charge in [0, 0.05) is 17.1 Å². The van der Waals surface area contributed by atoms with E-state index < -0.39 is 0 Å². The third kappa shape index (κ3) is 2.74. The second-order valence-electron chi connectivity index (χ2n) is 6.63. The molecule has 0 unspecified atom stereocenters. The van der Waals surface area contributed by atoms with E-state index in [4.69, 9.17) is 11.6 Å². The first-order valence-corrected chi connectivity index (χ1v) is 8.07. The second kappa shape index (κ2) is 5.73. The fraction of sp³-hybridized carbons (Fsp3) is 0.250. The largest absolute Gasteiger partial charge is 0.259 e. The van der Waals surface area contributed by atoms with E-state index in [2.05, 4.69) is 68.2 Å². The van der Waals surface area contributed by atoms with Crippen LogP contribution in [0.3, 0.4) is 0 Å². The summed E-state index contributed by atoms with van der Waals surface area (Å²) in [4.78, 5) is 4.54. The Balaban J connectivity index is 2.20. The van der Waals surface area contributed by atoms with Gasteiger partial charge < -0.3 is 0 Å². The summed E-state index contributed by atoms with van der Waals surface area (Å²) in [5.74, 6) is 0.418. The van der Waals surface area contributed by atoms with Gasteiger partial charge in [0.15, 0.2) is 0 Å². The van der Waals surface area contributed by atoms with Crippen LogP contribution in [0.4, 0.5) is 0 Å². The number of halogens is 1. The maximum absolute atomic E-state index is 6.12. The first-order valence-electron chi connectivity index (χ1n) is 7.54. The Kier molecular flexibility index (Phi) is 3.92. The molecule has 0 saturated heterocycles. The number of alkyl halides is 1. The Morgan fingerprint density at radius 3 is 2.27 bits per heavy atom. The number of hydrogen-bond acceptors (Lipinski definition) is 1. The van der Waals surface area contributed by atoms with Crippen molar-refractivity contribution in [2.24, 2.45) is 0 Å². The average molecular weight is 310 g/mol. The van der Waals surface area contributed by atoms with Crippen molar-refractivity contribution in [2.45, 2.75) is 32.1 Å². The lowest BCUT2D eigenvalue weighted by atomic mass is 9.86. The Bertz CT molecular complexity index is 798. The van der Waals surface area contributed by atoms with Crippen LogP contribution in [0.2, 0.25) is 0 Å². The number of hydrogen-bond donors (Lipinski definition) is 0. The highest BCUT2D eigenvalue weighted by atomic mass is 35.5. The minimum Gasteiger partial charge on any atom is -0.259 e. The molecule has 112 valence electrons. The maximum atomic E-state index is 6.12. The van der Waals surface area contributed by atoms with Crippen LogP contribution in [0.15, 0.2) is 54.7 Å². The molecule has 0 fully saturated rings. The number of pyridine rings is 1. The summed E-state index contributed by atoms with van der Waals surface area (Å²) in [5, 5.41) is 2.35. The molecule has 0 aliphatic carbocycles. The van der Waals surface area contributed by atoms with Gasteiger partial charge in [0.25, 0.3) is 0 Å². The van der Waals surface area contributed by atoms with E-state index in [0.29, 0.717) is 5.88 Å². The van der Waals surface area contributed by atoms with Gasteiger partial charge in [-0.05, 0) is 21.9 Å². The van der Waals surface area contributed by atoms with Gasteiger partial charge in [-0.15, -0.1) is 11.6 Å². The van der Waals surface area contributed by atoms with Crippen LogP contribution in [-0.2, 0) is 11.3 Å². The highest BCUT2D eigenvalue weighted by molar-refractivity contribution is 6.17. The SMILES string of the molecule is CC(C)(C)c1ccc(-c2c(CCl)ncc3ccccc23)cc1. The molecule has 0 amide bonds. The van der Waals surface area contributed by atoms with Gasteiger partial charge in [0.05, 0.1) is 11.6 Å². The van der Waals surface area contributed by atoms with Crippen molar-refractivity contribution >= 4 is 22.4 Å². The summed E-state index contributed by atoms with van der Waals surface area (Å²) in [6, 6.07) is 17.1. The van der Waals surface area contributed by atoms with Crippen LogP contribution in [-0.4, -0.2) is 4.98 Å². The molecule has 0 atom stereocenters. The maximum Gasteiger partial charge on any atom is 0.0653 e. The highest BCUT2D eigenvalue weighted by Crippen LogP contribution is 2.33. The standard InChI is InChI=1S/C20H20ClN/c1-20(2,3)16-10-8-14(9-11-16)19-17-7-5-4-6-15(17)13-22-18(19)12-21/h4-11,13H,12H2,1-3H3. The Hall–Kier alpha value is -1.86. The van der Waals surface area contributed by atoms with E-state index in [-0.39, 0.29) is 5.41 Å². The van der Waals surface area contributed by atoms with E-state index >= 15 is 0 Å². The number of nitrogens with zero attached hydrogens (tertiary/aromatic N) is 1. The zero-order chi connectivity index (χ0) is 15.7. The average Bonchev–Trinajstić information content (AvgIpc) is 2.53. The third-order valence-electron chi connectivity index (χ3n) is 4.04. The number of benzene rings is 2. The van der Waals surface area contributed by atoms with Gasteiger partial charge in [-0.1, -0.05) is 69.3 Å². The molecule has 0 aliphatic rings. The molecule has 2 heteroatoms. The molecule has 0 aliphatic heterocycles. The number of rotatable bonds is 2. The van der Waals surface area contributed by atoms with Crippen LogP contribution in [0, 0.1) is 0 Å². The van der Waals surface area contributed by atoms with Crippen molar-refractivity contribution in [2.75, 3.05) is 0 Å². The smallest absolute Gasteiger partial charge is 0.0653 e. The van der Waals surface area contributed by atoms with Crippen LogP contribution in [0.1, 0.15) is 32.0 Å². The minimum atomic E-state index is 0.158. The molecular weight excluding hydrogens is 290 g/mol. The summed E-state index contributed by atoms with van der Waals surface area (Å²) >= 11 is 6.12. The fourth-order valence-corrected chi connectivity index (χ4v) is 2.97. The van der Waals surface area contributed by atoms with Gasteiger partial charge in [0.2, 0.25) is 0 Å². The van der Waals surface area contributed by atoms with Crippen molar-refractivity contribution in [3.8, 4) is 11.1 Å². The second-order valence-corrected chi connectivity index (χ2v) is 6.90. The van der Waals surface area contributed by atoms with E-state index in [1.807, 2.05) is 12.3 Å². The Labute approximate surface area is 137 Å². The van der Waals surface area contributed by atoms with Gasteiger partial charge in [-0.25, -0.2) is 0 Å². The quantitative estimate of drug-likeness (QED) is 0.534. The van der Waals surface area contributed by atoms with Crippen molar-refractivity contribution in [3.05, 3.63) is 66.0 Å². The zero-order valence-corrected chi connectivity index (χ0v) is 14.0. The lowest BCUT2D eigenvalue weighted by molar-refractivity contribution is 0.590. The number of fused-ring (bicyclic) bond motifs is 1. The van der Waals surface area contributed by atoms with Crippen molar-refractivity contribution in [1.29, 1.82) is 0 Å². The topological polar surface area (TPSA) is 12.9 Å². The minimum absolute atomic E-state index is 0.158. The third-order valence-corrected chi connectivity index (χ3v) is 4.30. The first kappa shape index (κ1) is 15.1. The molecule has 1 nitrogen and oxygen atoms in total. The summed E-state index contributed by atoms with van der Waals surface area (Å²) in [6.45, 7) is 6.68. The first-order chi connectivity index (χ1) is 10.5. The molecule has 1 aromatic heterocycles. The molecule has 2 aromatic carbocycles. The highest BCUT2D eigenvalue weighted by Gasteiger charge is 2.15. The molecule has 1 heterocycles. The van der Waals surface area contributed by atoms with Gasteiger partial charge in [-0.2, -0.15) is 0 Å². The molecule has 3 aromatic rings. The van der Waals surface area contributed by atoms with E-state index in [1.54, 1.807) is 0 Å². The Morgan fingerprint density at radius 2 is 1.64 bits per heavy atom. The molecule has 0 spiro atoms. The molecule has 3 rings (SSSR count).